The zero-order chi connectivity index (χ0) is 38.8. The van der Waals surface area contributed by atoms with Crippen LogP contribution in [-0.4, -0.2) is 31.8 Å². The van der Waals surface area contributed by atoms with Gasteiger partial charge in [0, 0.05) is 23.8 Å². The Kier molecular flexibility index (Phi) is 14.4. The molecule has 6 nitrogen and oxygen atoms in total. The van der Waals surface area contributed by atoms with Crippen molar-refractivity contribution in [3.8, 4) is 28.4 Å². The standard InChI is InChI=1S/C45H30N5.C6H4N.2Pt/c1-47-28-29-48(34-47)41-22-13-25-44(33-41)50(40-20-9-4-10-21-40)43-24-12-15-37(31-43)45-32-36(26-27-46-45)35-14-11-23-42(30-35)49(38-16-5-2-6-17-38)39-18-7-3-8-19-39;1-2-7-5-3-4-6-7;;/h2-18,20-25,27-29,32H,1H3;3-6H;;/q-3;-1;+2;+4. The molecule has 0 bridgehead atoms. The molecule has 0 fully saturated rings. The first-order valence-corrected chi connectivity index (χ1v) is 18.3. The van der Waals surface area contributed by atoms with Crippen molar-refractivity contribution >= 4 is 45.8 Å². The van der Waals surface area contributed by atoms with Crippen LogP contribution in [0.25, 0.3) is 22.4 Å². The number of rotatable bonds is 9. The van der Waals surface area contributed by atoms with E-state index in [-0.39, 0.29) is 42.1 Å². The van der Waals surface area contributed by atoms with Crippen molar-refractivity contribution < 1.29 is 51.3 Å². The maximum atomic E-state index is 6.57. The molecule has 2 aromatic heterocycles. The van der Waals surface area contributed by atoms with Gasteiger partial charge in [0.1, 0.15) is 5.69 Å². The number of nitrogens with zero attached hydrogens (tertiary/aromatic N) is 6. The summed E-state index contributed by atoms with van der Waals surface area (Å²) in [5, 5.41) is 0. The molecule has 0 atom stereocenters. The van der Waals surface area contributed by atoms with Crippen LogP contribution in [0.15, 0.2) is 189 Å². The fourth-order valence-corrected chi connectivity index (χ4v) is 6.33. The Morgan fingerprint density at radius 2 is 1.19 bits per heavy atom. The molecule has 9 rings (SSSR count). The van der Waals surface area contributed by atoms with E-state index in [4.69, 9.17) is 11.4 Å². The molecule has 0 aliphatic carbocycles. The Bertz CT molecular complexity index is 2710. The maximum absolute atomic E-state index is 6.57. The number of para-hydroxylation sites is 3. The van der Waals surface area contributed by atoms with E-state index in [0.29, 0.717) is 0 Å². The summed E-state index contributed by atoms with van der Waals surface area (Å²) in [5.41, 5.74) is 9.95. The second kappa shape index (κ2) is 20.2. The fraction of sp³-hybridized carbons (Fsp3) is 0.0196. The first-order chi connectivity index (χ1) is 28.1. The summed E-state index contributed by atoms with van der Waals surface area (Å²) in [6.07, 6.45) is 15.7. The Balaban J connectivity index is 0.000000591. The van der Waals surface area contributed by atoms with Crippen molar-refractivity contribution in [3.05, 3.63) is 225 Å². The van der Waals surface area contributed by atoms with Gasteiger partial charge >= 0.3 is 48.1 Å². The molecule has 0 N–H and O–H groups in total. The summed E-state index contributed by atoms with van der Waals surface area (Å²) in [6.45, 7) is 0. The molecule has 0 spiro atoms. The van der Waals surface area contributed by atoms with Crippen LogP contribution in [0.2, 0.25) is 0 Å². The van der Waals surface area contributed by atoms with Gasteiger partial charge < -0.3 is 25.8 Å². The second-order valence-corrected chi connectivity index (χ2v) is 12.8. The van der Waals surface area contributed by atoms with Gasteiger partial charge in [-0.15, -0.1) is 48.0 Å². The fourth-order valence-electron chi connectivity index (χ4n) is 6.33. The van der Waals surface area contributed by atoms with Gasteiger partial charge in [-0.25, -0.2) is 24.2 Å². The van der Waals surface area contributed by atoms with Crippen LogP contribution < -0.4 is 9.80 Å². The SMILES string of the molecule is C[N+]1=C=[N+](c2[c-]c(N(c3[c-]c(-c4cc(-c5[c-]c(N(c6[c-]cccc6)c6ccccc6)ccc5)[c-]cn4)ccc3)c3ccccc3)ccc2)C=C1.[C-]#Cn1cccc1.[Pt+2].[Pt+4]. The maximum Gasteiger partial charge on any atom is 4.00 e. The Labute approximate surface area is 374 Å². The largest absolute Gasteiger partial charge is 4.00 e. The van der Waals surface area contributed by atoms with Crippen LogP contribution in [0.1, 0.15) is 0 Å². The minimum Gasteiger partial charge on any atom is -0.669 e. The minimum absolute atomic E-state index is 0. The molecule has 8 aromatic rings. The van der Waals surface area contributed by atoms with Gasteiger partial charge in [-0.3, -0.25) is 11.1 Å². The third-order valence-corrected chi connectivity index (χ3v) is 8.98. The summed E-state index contributed by atoms with van der Waals surface area (Å²) < 4.78 is 5.36. The van der Waals surface area contributed by atoms with Gasteiger partial charge in [0.05, 0.1) is 0 Å². The zero-order valence-electron chi connectivity index (χ0n) is 31.7. The molecule has 6 aromatic carbocycles. The summed E-state index contributed by atoms with van der Waals surface area (Å²) in [6, 6.07) is 75.8. The Morgan fingerprint density at radius 1 is 0.610 bits per heavy atom. The van der Waals surface area contributed by atoms with E-state index in [2.05, 4.69) is 113 Å². The van der Waals surface area contributed by atoms with E-state index < -0.39 is 0 Å². The van der Waals surface area contributed by atoms with Crippen LogP contribution >= 0.6 is 0 Å². The first kappa shape index (κ1) is 42.0. The predicted molar refractivity (Wildman–Crippen MR) is 226 cm³/mol. The number of anilines is 6. The minimum atomic E-state index is 0. The average molecular weight is 1120 g/mol. The molecule has 8 heteroatoms. The van der Waals surface area contributed by atoms with Gasteiger partial charge in [0.2, 0.25) is 6.20 Å². The van der Waals surface area contributed by atoms with Gasteiger partial charge in [-0.05, 0) is 42.1 Å². The summed E-state index contributed by atoms with van der Waals surface area (Å²) in [4.78, 5) is 9.05. The predicted octanol–water partition coefficient (Wildman–Crippen LogP) is 11.2. The third kappa shape index (κ3) is 10.1. The summed E-state index contributed by atoms with van der Waals surface area (Å²) in [5.74, 6) is 0. The number of hydrogen-bond donors (Lipinski definition) is 0. The Hall–Kier alpha value is -6.59. The van der Waals surface area contributed by atoms with Crippen LogP contribution in [0.3, 0.4) is 0 Å². The van der Waals surface area contributed by atoms with Crippen LogP contribution in [0, 0.1) is 42.8 Å². The molecule has 0 saturated heterocycles. The molecule has 0 radical (unpaired) electrons. The molecule has 0 amide bonds. The number of hydrogen-bond acceptors (Lipinski definition) is 3. The van der Waals surface area contributed by atoms with Crippen molar-refractivity contribution in [3.63, 3.8) is 0 Å². The normalized spacial score (nSPS) is 11.1. The molecule has 59 heavy (non-hydrogen) atoms. The Morgan fingerprint density at radius 3 is 1.78 bits per heavy atom. The van der Waals surface area contributed by atoms with Crippen molar-refractivity contribution in [1.29, 1.82) is 0 Å². The average Bonchev–Trinajstić information content (AvgIpc) is 3.98. The van der Waals surface area contributed by atoms with Crippen molar-refractivity contribution in [2.75, 3.05) is 16.8 Å². The number of benzene rings is 6. The quantitative estimate of drug-likeness (QED) is 0.0820. The van der Waals surface area contributed by atoms with Crippen molar-refractivity contribution in [2.24, 2.45) is 0 Å². The van der Waals surface area contributed by atoms with Crippen molar-refractivity contribution in [1.82, 2.24) is 9.55 Å². The van der Waals surface area contributed by atoms with Gasteiger partial charge in [0.15, 0.2) is 7.05 Å². The van der Waals surface area contributed by atoms with Crippen molar-refractivity contribution in [2.45, 2.75) is 0 Å². The third-order valence-electron chi connectivity index (χ3n) is 8.98. The second-order valence-electron chi connectivity index (χ2n) is 12.8. The van der Waals surface area contributed by atoms with E-state index >= 15 is 0 Å². The molecule has 3 heterocycles. The molecule has 0 unspecified atom stereocenters. The summed E-state index contributed by atoms with van der Waals surface area (Å²) in [7, 11) is 1.95. The van der Waals surface area contributed by atoms with Gasteiger partial charge in [-0.1, -0.05) is 86.6 Å². The van der Waals surface area contributed by atoms with Gasteiger partial charge in [0.25, 0.3) is 6.20 Å². The molecular formula is C51H34N6Pt2+2. The molecule has 1 aliphatic rings. The van der Waals surface area contributed by atoms with Crippen LogP contribution in [0.5, 0.6) is 0 Å². The summed E-state index contributed by atoms with van der Waals surface area (Å²) >= 11 is 0. The first-order valence-electron chi connectivity index (χ1n) is 18.3. The van der Waals surface area contributed by atoms with Crippen LogP contribution in [-0.2, 0) is 42.1 Å². The van der Waals surface area contributed by atoms with E-state index in [1.54, 1.807) is 23.2 Å². The monoisotopic (exact) mass is 1120 g/mol. The number of aromatic nitrogens is 2. The molecular weight excluding hydrogens is 1090 g/mol. The molecule has 286 valence electrons. The molecule has 1 aliphatic heterocycles. The van der Waals surface area contributed by atoms with E-state index in [1.807, 2.05) is 126 Å². The molecule has 0 saturated carbocycles. The van der Waals surface area contributed by atoms with Gasteiger partial charge in [-0.2, -0.15) is 42.5 Å². The van der Waals surface area contributed by atoms with E-state index in [1.165, 1.54) is 0 Å². The van der Waals surface area contributed by atoms with Crippen LogP contribution in [0.4, 0.5) is 39.8 Å². The van der Waals surface area contributed by atoms with E-state index in [0.717, 1.165) is 62.2 Å². The van der Waals surface area contributed by atoms with E-state index in [9.17, 15) is 0 Å². The number of pyridine rings is 1. The topological polar surface area (TPSA) is 30.3 Å². The smallest absolute Gasteiger partial charge is 0.669 e. The zero-order valence-corrected chi connectivity index (χ0v) is 36.3.